The van der Waals surface area contributed by atoms with Crippen molar-refractivity contribution in [1.82, 2.24) is 0 Å². The molecule has 0 atom stereocenters. The predicted octanol–water partition coefficient (Wildman–Crippen LogP) is 3.00. The number of hydrogen-bond acceptors (Lipinski definition) is 5. The van der Waals surface area contributed by atoms with Gasteiger partial charge in [-0.15, -0.1) is 11.3 Å². The van der Waals surface area contributed by atoms with Gasteiger partial charge in [0.05, 0.1) is 17.7 Å². The Morgan fingerprint density at radius 2 is 2.41 bits per heavy atom. The molecule has 0 bridgehead atoms. The van der Waals surface area contributed by atoms with E-state index in [1.807, 2.05) is 0 Å². The summed E-state index contributed by atoms with van der Waals surface area (Å²) in [5.74, 6) is -0.326. The second-order valence-corrected chi connectivity index (χ2v) is 4.18. The second-order valence-electron chi connectivity index (χ2n) is 3.24. The Bertz CT molecular complexity index is 538. The van der Waals surface area contributed by atoms with Crippen LogP contribution in [-0.2, 0) is 4.74 Å². The fourth-order valence-corrected chi connectivity index (χ4v) is 2.16. The van der Waals surface area contributed by atoms with E-state index < -0.39 is 5.97 Å². The van der Waals surface area contributed by atoms with E-state index in [4.69, 9.17) is 9.15 Å². The number of carbonyl (C=O) groups excluding carboxylic acids is 2. The third-order valence-electron chi connectivity index (χ3n) is 2.17. The monoisotopic (exact) mass is 250 g/mol. The van der Waals surface area contributed by atoms with Crippen molar-refractivity contribution >= 4 is 23.6 Å². The molecule has 0 amide bonds. The van der Waals surface area contributed by atoms with E-state index in [0.29, 0.717) is 17.0 Å². The van der Waals surface area contributed by atoms with Crippen LogP contribution in [0.3, 0.4) is 0 Å². The maximum absolute atomic E-state index is 11.6. The second kappa shape index (κ2) is 4.97. The Kier molecular flexibility index (Phi) is 3.39. The molecule has 5 heteroatoms. The van der Waals surface area contributed by atoms with Crippen LogP contribution in [0.15, 0.2) is 28.2 Å². The molecule has 0 aromatic carbocycles. The number of rotatable bonds is 4. The molecule has 0 fully saturated rings. The van der Waals surface area contributed by atoms with Crippen molar-refractivity contribution in [1.29, 1.82) is 0 Å². The van der Waals surface area contributed by atoms with E-state index >= 15 is 0 Å². The average molecular weight is 250 g/mol. The number of aldehydes is 1. The lowest BCUT2D eigenvalue weighted by Gasteiger charge is -2.00. The van der Waals surface area contributed by atoms with Crippen LogP contribution in [0.2, 0.25) is 0 Å². The Balaban J connectivity index is 2.36. The fraction of sp³-hybridized carbons (Fsp3) is 0.167. The van der Waals surface area contributed by atoms with E-state index in [2.05, 4.69) is 0 Å². The summed E-state index contributed by atoms with van der Waals surface area (Å²) in [6.45, 7) is 2.03. The van der Waals surface area contributed by atoms with Gasteiger partial charge in [-0.05, 0) is 30.0 Å². The standard InChI is InChI=1S/C12H10O4S/c1-2-15-12(14)11-10(3-4-16-11)8-5-9(6-13)17-7-8/h3-7H,2H2,1H3. The molecule has 0 N–H and O–H groups in total. The van der Waals surface area contributed by atoms with Crippen LogP contribution in [0.25, 0.3) is 11.1 Å². The van der Waals surface area contributed by atoms with Crippen molar-refractivity contribution in [3.63, 3.8) is 0 Å². The van der Waals surface area contributed by atoms with Crippen LogP contribution < -0.4 is 0 Å². The molecule has 17 heavy (non-hydrogen) atoms. The number of ether oxygens (including phenoxy) is 1. The smallest absolute Gasteiger partial charge is 0.374 e. The first-order valence-corrected chi connectivity index (χ1v) is 5.93. The SMILES string of the molecule is CCOC(=O)c1occc1-c1csc(C=O)c1. The van der Waals surface area contributed by atoms with Gasteiger partial charge >= 0.3 is 5.97 Å². The van der Waals surface area contributed by atoms with Crippen molar-refractivity contribution in [2.45, 2.75) is 6.92 Å². The van der Waals surface area contributed by atoms with Gasteiger partial charge in [0.1, 0.15) is 0 Å². The summed E-state index contributed by atoms with van der Waals surface area (Å²) in [4.78, 5) is 22.8. The molecule has 0 spiro atoms. The van der Waals surface area contributed by atoms with Gasteiger partial charge in [0.25, 0.3) is 0 Å². The van der Waals surface area contributed by atoms with Gasteiger partial charge < -0.3 is 9.15 Å². The van der Waals surface area contributed by atoms with E-state index in [9.17, 15) is 9.59 Å². The highest BCUT2D eigenvalue weighted by molar-refractivity contribution is 7.12. The normalized spacial score (nSPS) is 10.2. The number of furan rings is 1. The lowest BCUT2D eigenvalue weighted by molar-refractivity contribution is 0.0491. The van der Waals surface area contributed by atoms with Gasteiger partial charge in [0, 0.05) is 5.56 Å². The first-order valence-electron chi connectivity index (χ1n) is 5.05. The lowest BCUT2D eigenvalue weighted by atomic mass is 10.1. The summed E-state index contributed by atoms with van der Waals surface area (Å²) < 4.78 is 10.0. The lowest BCUT2D eigenvalue weighted by Crippen LogP contribution is -2.04. The minimum Gasteiger partial charge on any atom is -0.460 e. The highest BCUT2D eigenvalue weighted by Crippen LogP contribution is 2.29. The number of hydrogen-bond donors (Lipinski definition) is 0. The third-order valence-corrected chi connectivity index (χ3v) is 3.03. The van der Waals surface area contributed by atoms with Crippen molar-refractivity contribution in [3.8, 4) is 11.1 Å². The molecular formula is C12H10O4S. The summed E-state index contributed by atoms with van der Waals surface area (Å²) in [5, 5.41) is 1.80. The summed E-state index contributed by atoms with van der Waals surface area (Å²) in [7, 11) is 0. The molecule has 0 saturated carbocycles. The topological polar surface area (TPSA) is 56.5 Å². The van der Waals surface area contributed by atoms with E-state index in [0.717, 1.165) is 11.8 Å². The van der Waals surface area contributed by atoms with E-state index in [1.54, 1.807) is 24.4 Å². The van der Waals surface area contributed by atoms with E-state index in [-0.39, 0.29) is 5.76 Å². The molecule has 0 saturated heterocycles. The molecule has 0 aliphatic heterocycles. The zero-order chi connectivity index (χ0) is 12.3. The molecule has 2 aromatic heterocycles. The van der Waals surface area contributed by atoms with Crippen molar-refractivity contribution in [2.24, 2.45) is 0 Å². The molecule has 2 heterocycles. The molecule has 2 rings (SSSR count). The zero-order valence-corrected chi connectivity index (χ0v) is 9.95. The molecule has 4 nitrogen and oxygen atoms in total. The van der Waals surface area contributed by atoms with Crippen LogP contribution in [0.1, 0.15) is 27.2 Å². The van der Waals surface area contributed by atoms with Gasteiger partial charge in [0.15, 0.2) is 6.29 Å². The molecule has 2 aromatic rings. The molecule has 88 valence electrons. The maximum atomic E-state index is 11.6. The summed E-state index contributed by atoms with van der Waals surface area (Å²) in [6.07, 6.45) is 2.21. The quantitative estimate of drug-likeness (QED) is 0.618. The summed E-state index contributed by atoms with van der Waals surface area (Å²) >= 11 is 1.32. The van der Waals surface area contributed by atoms with Crippen LogP contribution in [0, 0.1) is 0 Å². The Morgan fingerprint density at radius 1 is 1.59 bits per heavy atom. The minimum absolute atomic E-state index is 0.169. The van der Waals surface area contributed by atoms with Crippen LogP contribution in [0.4, 0.5) is 0 Å². The largest absolute Gasteiger partial charge is 0.460 e. The fourth-order valence-electron chi connectivity index (χ4n) is 1.45. The zero-order valence-electron chi connectivity index (χ0n) is 9.14. The number of carbonyl (C=O) groups is 2. The van der Waals surface area contributed by atoms with Gasteiger partial charge in [-0.2, -0.15) is 0 Å². The van der Waals surface area contributed by atoms with Crippen molar-refractivity contribution in [2.75, 3.05) is 6.61 Å². The summed E-state index contributed by atoms with van der Waals surface area (Å²) in [5.41, 5.74) is 1.43. The molecular weight excluding hydrogens is 240 g/mol. The van der Waals surface area contributed by atoms with Crippen molar-refractivity contribution < 1.29 is 18.7 Å². The number of thiophene rings is 1. The highest BCUT2D eigenvalue weighted by Gasteiger charge is 2.18. The predicted molar refractivity (Wildman–Crippen MR) is 63.4 cm³/mol. The molecule has 0 aliphatic carbocycles. The summed E-state index contributed by atoms with van der Waals surface area (Å²) in [6, 6.07) is 3.40. The van der Waals surface area contributed by atoms with Crippen LogP contribution in [0.5, 0.6) is 0 Å². The molecule has 0 radical (unpaired) electrons. The van der Waals surface area contributed by atoms with Crippen LogP contribution >= 0.6 is 11.3 Å². The molecule has 0 unspecified atom stereocenters. The Morgan fingerprint density at radius 3 is 3.06 bits per heavy atom. The van der Waals surface area contributed by atoms with Gasteiger partial charge in [-0.1, -0.05) is 0 Å². The molecule has 0 aliphatic rings. The van der Waals surface area contributed by atoms with Crippen molar-refractivity contribution in [3.05, 3.63) is 34.4 Å². The first kappa shape index (κ1) is 11.6. The Hall–Kier alpha value is -1.88. The Labute approximate surface area is 102 Å². The first-order chi connectivity index (χ1) is 8.26. The highest BCUT2D eigenvalue weighted by atomic mass is 32.1. The van der Waals surface area contributed by atoms with Gasteiger partial charge in [-0.25, -0.2) is 4.79 Å². The van der Waals surface area contributed by atoms with Crippen LogP contribution in [-0.4, -0.2) is 18.9 Å². The number of esters is 1. The van der Waals surface area contributed by atoms with E-state index in [1.165, 1.54) is 17.6 Å². The minimum atomic E-state index is -0.494. The average Bonchev–Trinajstić information content (AvgIpc) is 2.97. The van der Waals surface area contributed by atoms with Gasteiger partial charge in [0.2, 0.25) is 5.76 Å². The van der Waals surface area contributed by atoms with Gasteiger partial charge in [-0.3, -0.25) is 4.79 Å². The maximum Gasteiger partial charge on any atom is 0.374 e. The third kappa shape index (κ3) is 2.29.